The van der Waals surface area contributed by atoms with Gasteiger partial charge < -0.3 is 21.3 Å². The maximum Gasteiger partial charge on any atom is 0.275 e. The minimum absolute atomic E-state index is 0.266. The number of rotatable bonds is 6. The molecule has 2 aromatic carbocycles. The number of amides is 2. The summed E-state index contributed by atoms with van der Waals surface area (Å²) in [6.07, 6.45) is 2.96. The van der Waals surface area contributed by atoms with Gasteiger partial charge in [0.2, 0.25) is 5.91 Å². The number of nitrogens with zero attached hydrogens (tertiary/aromatic N) is 3. The highest BCUT2D eigenvalue weighted by Gasteiger charge is 2.38. The van der Waals surface area contributed by atoms with Gasteiger partial charge in [-0.05, 0) is 50.2 Å². The van der Waals surface area contributed by atoms with Crippen LogP contribution in [0.5, 0.6) is 0 Å². The van der Waals surface area contributed by atoms with E-state index in [0.717, 1.165) is 27.2 Å². The van der Waals surface area contributed by atoms with Crippen molar-refractivity contribution < 1.29 is 9.59 Å². The molecule has 174 valence electrons. The zero-order valence-corrected chi connectivity index (χ0v) is 19.5. The minimum atomic E-state index is -0.689. The Kier molecular flexibility index (Phi) is 5.76. The number of likely N-dealkylation sites (N-methyl/N-ethyl adjacent to an activating group) is 1. The monoisotopic (exact) mass is 475 g/mol. The van der Waals surface area contributed by atoms with Gasteiger partial charge in [-0.2, -0.15) is 5.10 Å². The number of aromatic nitrogens is 3. The first-order valence-corrected chi connectivity index (χ1v) is 11.9. The fourth-order valence-electron chi connectivity index (χ4n) is 4.38. The number of H-pyrrole nitrogens is 1. The van der Waals surface area contributed by atoms with Crippen molar-refractivity contribution in [3.63, 3.8) is 0 Å². The summed E-state index contributed by atoms with van der Waals surface area (Å²) >= 11 is 1.43. The lowest BCUT2D eigenvalue weighted by Gasteiger charge is -2.41. The Hall–Kier alpha value is -3.76. The molecule has 2 amide bonds. The summed E-state index contributed by atoms with van der Waals surface area (Å²) in [4.78, 5) is 31.7. The fourth-order valence-corrected chi connectivity index (χ4v) is 5.17. The topological polar surface area (TPSA) is 129 Å². The molecule has 34 heavy (non-hydrogen) atoms. The Labute approximate surface area is 200 Å². The molecule has 4 aromatic rings. The summed E-state index contributed by atoms with van der Waals surface area (Å²) in [5.74, 6) is -0.597. The van der Waals surface area contributed by atoms with Crippen molar-refractivity contribution >= 4 is 45.4 Å². The second kappa shape index (κ2) is 8.88. The Morgan fingerprint density at radius 2 is 1.97 bits per heavy atom. The molecule has 0 saturated carbocycles. The number of anilines is 2. The number of carbonyl (C=O) groups is 2. The Balaban J connectivity index is 1.32. The van der Waals surface area contributed by atoms with Crippen LogP contribution in [0.4, 0.5) is 11.4 Å². The number of carbonyl (C=O) groups excluding carboxylic acids is 2. The summed E-state index contributed by atoms with van der Waals surface area (Å²) in [7, 11) is 1.77. The SMILES string of the molecule is CNC1(C(N)=O)CCN(c2ccccc2NC(=O)c2csc(-c3ccc4[nH]ncc4c3)n2)CC1. The number of hydrogen-bond donors (Lipinski definition) is 4. The van der Waals surface area contributed by atoms with Gasteiger partial charge in [0.05, 0.1) is 23.1 Å². The second-order valence-electron chi connectivity index (χ2n) is 8.36. The third-order valence-electron chi connectivity index (χ3n) is 6.48. The third kappa shape index (κ3) is 4.02. The van der Waals surface area contributed by atoms with Crippen LogP contribution < -0.4 is 21.3 Å². The average molecular weight is 476 g/mol. The minimum Gasteiger partial charge on any atom is -0.370 e. The first-order valence-electron chi connectivity index (χ1n) is 11.0. The third-order valence-corrected chi connectivity index (χ3v) is 7.38. The van der Waals surface area contributed by atoms with Crippen molar-refractivity contribution in [3.05, 3.63) is 59.7 Å². The molecule has 0 bridgehead atoms. The van der Waals surface area contributed by atoms with Gasteiger partial charge in [0.15, 0.2) is 0 Å². The molecule has 2 aromatic heterocycles. The number of nitrogens with two attached hydrogens (primary N) is 1. The van der Waals surface area contributed by atoms with Gasteiger partial charge in [-0.15, -0.1) is 11.3 Å². The van der Waals surface area contributed by atoms with E-state index in [0.29, 0.717) is 37.3 Å². The van der Waals surface area contributed by atoms with E-state index in [1.807, 2.05) is 42.5 Å². The number of piperidine rings is 1. The summed E-state index contributed by atoms with van der Waals surface area (Å²) < 4.78 is 0. The summed E-state index contributed by atoms with van der Waals surface area (Å²) in [6, 6.07) is 13.6. The number of hydrogen-bond acceptors (Lipinski definition) is 7. The molecule has 1 aliphatic heterocycles. The van der Waals surface area contributed by atoms with Gasteiger partial charge in [0.25, 0.3) is 5.91 Å². The smallest absolute Gasteiger partial charge is 0.275 e. The van der Waals surface area contributed by atoms with E-state index in [4.69, 9.17) is 5.73 Å². The predicted octanol–water partition coefficient (Wildman–Crippen LogP) is 2.98. The van der Waals surface area contributed by atoms with E-state index in [1.165, 1.54) is 11.3 Å². The van der Waals surface area contributed by atoms with Crippen LogP contribution >= 0.6 is 11.3 Å². The normalized spacial score (nSPS) is 15.4. The van der Waals surface area contributed by atoms with E-state index < -0.39 is 5.54 Å². The molecule has 5 N–H and O–H groups in total. The number of para-hydroxylation sites is 2. The molecule has 0 atom stereocenters. The Morgan fingerprint density at radius 1 is 1.18 bits per heavy atom. The van der Waals surface area contributed by atoms with E-state index in [-0.39, 0.29) is 11.8 Å². The van der Waals surface area contributed by atoms with Crippen molar-refractivity contribution in [2.45, 2.75) is 18.4 Å². The molecule has 1 fully saturated rings. The maximum atomic E-state index is 13.0. The number of thiazole rings is 1. The highest BCUT2D eigenvalue weighted by Crippen LogP contribution is 2.32. The van der Waals surface area contributed by atoms with Gasteiger partial charge in [-0.25, -0.2) is 4.98 Å². The maximum absolute atomic E-state index is 13.0. The van der Waals surface area contributed by atoms with Crippen molar-refractivity contribution in [3.8, 4) is 10.6 Å². The zero-order valence-electron chi connectivity index (χ0n) is 18.7. The number of fused-ring (bicyclic) bond motifs is 1. The standard InChI is InChI=1S/C24H25N7O2S/c1-26-24(23(25)33)8-10-31(11-9-24)20-5-3-2-4-18(20)28-21(32)19-14-34-22(29-19)15-6-7-17-16(12-15)13-27-30-17/h2-7,12-14,26H,8-11H2,1H3,(H2,25,33)(H,27,30)(H,28,32). The van der Waals surface area contributed by atoms with Crippen LogP contribution in [0.3, 0.4) is 0 Å². The molecule has 0 radical (unpaired) electrons. The average Bonchev–Trinajstić information content (AvgIpc) is 3.54. The molecule has 0 unspecified atom stereocenters. The highest BCUT2D eigenvalue weighted by molar-refractivity contribution is 7.13. The Bertz CT molecular complexity index is 1350. The summed E-state index contributed by atoms with van der Waals surface area (Å²) in [5, 5.41) is 16.6. The van der Waals surface area contributed by atoms with Gasteiger partial charge in [-0.3, -0.25) is 14.7 Å². The van der Waals surface area contributed by atoms with Crippen molar-refractivity contribution in [1.29, 1.82) is 0 Å². The lowest BCUT2D eigenvalue weighted by molar-refractivity contribution is -0.125. The lowest BCUT2D eigenvalue weighted by Crippen LogP contribution is -2.59. The zero-order chi connectivity index (χ0) is 23.7. The van der Waals surface area contributed by atoms with E-state index >= 15 is 0 Å². The largest absolute Gasteiger partial charge is 0.370 e. The van der Waals surface area contributed by atoms with Gasteiger partial charge in [0, 0.05) is 29.4 Å². The second-order valence-corrected chi connectivity index (χ2v) is 9.22. The molecule has 1 aliphatic rings. The van der Waals surface area contributed by atoms with Gasteiger partial charge in [0.1, 0.15) is 16.2 Å². The Morgan fingerprint density at radius 3 is 2.74 bits per heavy atom. The van der Waals surface area contributed by atoms with Crippen molar-refractivity contribution in [1.82, 2.24) is 20.5 Å². The van der Waals surface area contributed by atoms with E-state index in [1.54, 1.807) is 18.6 Å². The first-order chi connectivity index (χ1) is 16.5. The van der Waals surface area contributed by atoms with Crippen LogP contribution in [0.2, 0.25) is 0 Å². The van der Waals surface area contributed by atoms with Gasteiger partial charge >= 0.3 is 0 Å². The molecule has 1 saturated heterocycles. The predicted molar refractivity (Wildman–Crippen MR) is 134 cm³/mol. The van der Waals surface area contributed by atoms with Crippen LogP contribution in [-0.4, -0.2) is 52.7 Å². The molecule has 5 rings (SSSR count). The number of primary amides is 1. The molecule has 0 aliphatic carbocycles. The molecule has 0 spiro atoms. The molecular formula is C24H25N7O2S. The van der Waals surface area contributed by atoms with Crippen LogP contribution in [0, 0.1) is 0 Å². The van der Waals surface area contributed by atoms with Crippen LogP contribution in [0.15, 0.2) is 54.0 Å². The fraction of sp³-hybridized carbons (Fsp3) is 0.250. The number of benzene rings is 2. The van der Waals surface area contributed by atoms with Crippen LogP contribution in [0.25, 0.3) is 21.5 Å². The number of aromatic amines is 1. The highest BCUT2D eigenvalue weighted by atomic mass is 32.1. The summed E-state index contributed by atoms with van der Waals surface area (Å²) in [6.45, 7) is 1.29. The van der Waals surface area contributed by atoms with E-state index in [9.17, 15) is 9.59 Å². The van der Waals surface area contributed by atoms with Crippen LogP contribution in [0.1, 0.15) is 23.3 Å². The van der Waals surface area contributed by atoms with Crippen LogP contribution in [-0.2, 0) is 4.79 Å². The quantitative estimate of drug-likeness (QED) is 0.339. The van der Waals surface area contributed by atoms with Gasteiger partial charge in [-0.1, -0.05) is 12.1 Å². The molecule has 10 heteroatoms. The molecular weight excluding hydrogens is 450 g/mol. The summed E-state index contributed by atoms with van der Waals surface area (Å²) in [5.41, 5.74) is 8.82. The van der Waals surface area contributed by atoms with Crippen molar-refractivity contribution in [2.75, 3.05) is 30.4 Å². The number of nitrogens with one attached hydrogen (secondary N) is 3. The molecule has 3 heterocycles. The van der Waals surface area contributed by atoms with E-state index in [2.05, 4.69) is 30.7 Å². The lowest BCUT2D eigenvalue weighted by atomic mass is 9.86. The first kappa shape index (κ1) is 22.1. The molecule has 9 nitrogen and oxygen atoms in total. The van der Waals surface area contributed by atoms with Crippen molar-refractivity contribution in [2.24, 2.45) is 5.73 Å².